The Bertz CT molecular complexity index is 1180. The third-order valence-electron chi connectivity index (χ3n) is 4.60. The summed E-state index contributed by atoms with van der Waals surface area (Å²) in [6.45, 7) is 2.00. The lowest BCUT2D eigenvalue weighted by Gasteiger charge is -2.31. The van der Waals surface area contributed by atoms with E-state index in [2.05, 4.69) is 15.9 Å². The van der Waals surface area contributed by atoms with Crippen LogP contribution in [0, 0.1) is 11.3 Å². The van der Waals surface area contributed by atoms with E-state index in [0.29, 0.717) is 22.5 Å². The van der Waals surface area contributed by atoms with Crippen molar-refractivity contribution in [3.05, 3.63) is 71.4 Å². The van der Waals surface area contributed by atoms with Gasteiger partial charge in [-0.3, -0.25) is 9.40 Å². The molecule has 1 unspecified atom stereocenters. The quantitative estimate of drug-likeness (QED) is 0.609. The molecule has 0 aliphatic heterocycles. The van der Waals surface area contributed by atoms with Crippen molar-refractivity contribution in [2.24, 2.45) is 0 Å². The fourth-order valence-corrected chi connectivity index (χ4v) is 4.04. The van der Waals surface area contributed by atoms with E-state index in [9.17, 15) is 8.42 Å². The number of allylic oxidation sites excluding steroid dienone is 2. The molecular weight excluding hydrogens is 396 g/mol. The van der Waals surface area contributed by atoms with Crippen LogP contribution in [0.25, 0.3) is 10.9 Å². The van der Waals surface area contributed by atoms with Crippen LogP contribution >= 0.6 is 11.6 Å². The Balaban J connectivity index is 2.28. The van der Waals surface area contributed by atoms with Gasteiger partial charge >= 0.3 is 0 Å². The normalized spacial score (nSPS) is 14.1. The number of rotatable bonds is 6. The lowest BCUT2D eigenvalue weighted by Crippen LogP contribution is -2.33. The number of aromatic nitrogens is 2. The monoisotopic (exact) mass is 414 g/mol. The average molecular weight is 415 g/mol. The van der Waals surface area contributed by atoms with Crippen LogP contribution in [-0.4, -0.2) is 24.5 Å². The van der Waals surface area contributed by atoms with Crippen LogP contribution in [0.1, 0.15) is 18.9 Å². The summed E-state index contributed by atoms with van der Waals surface area (Å²) < 4.78 is 27.7. The average Bonchev–Trinajstić information content (AvgIpc) is 3.09. The highest BCUT2D eigenvalue weighted by Crippen LogP contribution is 2.36. The smallest absolute Gasteiger partial charge is 0.229 e. The van der Waals surface area contributed by atoms with Gasteiger partial charge in [0, 0.05) is 16.5 Å². The molecule has 0 aliphatic carbocycles. The lowest BCUT2D eigenvalue weighted by atomic mass is 9.86. The molecule has 0 spiro atoms. The molecule has 0 fully saturated rings. The first-order chi connectivity index (χ1) is 13.3. The highest BCUT2D eigenvalue weighted by atomic mass is 35.5. The number of sulfonamides is 1. The van der Waals surface area contributed by atoms with Crippen LogP contribution in [0.4, 0.5) is 5.69 Å². The van der Waals surface area contributed by atoms with Crippen LogP contribution in [0.2, 0.25) is 5.02 Å². The second-order valence-electron chi connectivity index (χ2n) is 6.42. The third-order valence-corrected chi connectivity index (χ3v) is 5.45. The molecule has 0 saturated heterocycles. The van der Waals surface area contributed by atoms with Crippen molar-refractivity contribution in [2.75, 3.05) is 11.0 Å². The fraction of sp³-hybridized carbons (Fsp3) is 0.200. The molecule has 0 saturated carbocycles. The van der Waals surface area contributed by atoms with Crippen LogP contribution in [0.5, 0.6) is 0 Å². The van der Waals surface area contributed by atoms with Crippen molar-refractivity contribution in [3.63, 3.8) is 0 Å². The third kappa shape index (κ3) is 3.75. The summed E-state index contributed by atoms with van der Waals surface area (Å²) in [5.41, 5.74) is 1.38. The molecule has 3 aromatic rings. The predicted octanol–water partition coefficient (Wildman–Crippen LogP) is 4.29. The minimum atomic E-state index is -3.43. The van der Waals surface area contributed by atoms with Crippen LogP contribution < -0.4 is 4.72 Å². The van der Waals surface area contributed by atoms with Gasteiger partial charge in [0.15, 0.2) is 0 Å². The standard InChI is InChI=1S/C20H19ClN4O2S/c1-3-20(12-5-13-22,15-8-10-16(21)11-9-15)25-19-7-4-6-18(17(19)14-23-25)24-28(2,26)27/h4-12,14,24H,3H2,1-2H3. The summed E-state index contributed by atoms with van der Waals surface area (Å²) in [6.07, 6.45) is 6.59. The maximum Gasteiger partial charge on any atom is 0.229 e. The Kier molecular flexibility index (Phi) is 5.45. The van der Waals surface area contributed by atoms with Gasteiger partial charge in [-0.15, -0.1) is 0 Å². The van der Waals surface area contributed by atoms with Gasteiger partial charge < -0.3 is 0 Å². The summed E-state index contributed by atoms with van der Waals surface area (Å²) >= 11 is 6.05. The second-order valence-corrected chi connectivity index (χ2v) is 8.60. The van der Waals surface area contributed by atoms with E-state index < -0.39 is 15.6 Å². The SMILES string of the molecule is CCC(C=CC#N)(c1ccc(Cl)cc1)n1ncc2c(NS(C)(=O)=O)cccc21. The van der Waals surface area contributed by atoms with Crippen molar-refractivity contribution < 1.29 is 8.42 Å². The molecule has 6 nitrogen and oxygen atoms in total. The number of fused-ring (bicyclic) bond motifs is 1. The molecule has 0 bridgehead atoms. The summed E-state index contributed by atoms with van der Waals surface area (Å²) in [7, 11) is -3.43. The lowest BCUT2D eigenvalue weighted by molar-refractivity contribution is 0.402. The molecule has 1 aromatic heterocycles. The zero-order valence-corrected chi connectivity index (χ0v) is 17.0. The van der Waals surface area contributed by atoms with Gasteiger partial charge in [-0.05, 0) is 42.3 Å². The molecule has 0 radical (unpaired) electrons. The number of nitrogens with zero attached hydrogens (tertiary/aromatic N) is 3. The van der Waals surface area contributed by atoms with Gasteiger partial charge in [0.2, 0.25) is 10.0 Å². The van der Waals surface area contributed by atoms with E-state index in [1.165, 1.54) is 6.08 Å². The topological polar surface area (TPSA) is 87.8 Å². The minimum Gasteiger partial charge on any atom is -0.283 e. The molecule has 0 amide bonds. The number of anilines is 1. The summed E-state index contributed by atoms with van der Waals surface area (Å²) in [5.74, 6) is 0. The maximum absolute atomic E-state index is 11.7. The number of benzene rings is 2. The zero-order chi connectivity index (χ0) is 20.4. The number of halogens is 1. The Morgan fingerprint density at radius 3 is 2.61 bits per heavy atom. The molecule has 8 heteroatoms. The van der Waals surface area contributed by atoms with Gasteiger partial charge in [-0.25, -0.2) is 8.42 Å². The highest BCUT2D eigenvalue weighted by Gasteiger charge is 2.32. The van der Waals surface area contributed by atoms with E-state index in [1.807, 2.05) is 29.8 Å². The Labute approximate surface area is 169 Å². The van der Waals surface area contributed by atoms with Crippen molar-refractivity contribution in [2.45, 2.75) is 18.9 Å². The van der Waals surface area contributed by atoms with Crippen molar-refractivity contribution in [1.29, 1.82) is 5.26 Å². The number of hydrogen-bond donors (Lipinski definition) is 1. The van der Waals surface area contributed by atoms with Gasteiger partial charge in [-0.1, -0.05) is 36.7 Å². The highest BCUT2D eigenvalue weighted by molar-refractivity contribution is 7.92. The van der Waals surface area contributed by atoms with Crippen LogP contribution in [0.15, 0.2) is 60.8 Å². The summed E-state index contributed by atoms with van der Waals surface area (Å²) in [4.78, 5) is 0. The minimum absolute atomic E-state index is 0.455. The van der Waals surface area contributed by atoms with Gasteiger partial charge in [0.05, 0.1) is 29.7 Å². The predicted molar refractivity (Wildman–Crippen MR) is 112 cm³/mol. The first-order valence-electron chi connectivity index (χ1n) is 8.59. The van der Waals surface area contributed by atoms with Crippen LogP contribution in [-0.2, 0) is 15.6 Å². The summed E-state index contributed by atoms with van der Waals surface area (Å²) in [6, 6.07) is 14.8. The molecule has 1 heterocycles. The molecule has 28 heavy (non-hydrogen) atoms. The fourth-order valence-electron chi connectivity index (χ4n) is 3.33. The molecule has 1 atom stereocenters. The first-order valence-corrected chi connectivity index (χ1v) is 10.9. The number of hydrogen-bond acceptors (Lipinski definition) is 4. The Hall–Kier alpha value is -2.82. The Morgan fingerprint density at radius 1 is 1.29 bits per heavy atom. The summed E-state index contributed by atoms with van der Waals surface area (Å²) in [5, 5.41) is 15.0. The maximum atomic E-state index is 11.7. The van der Waals surface area contributed by atoms with Crippen molar-refractivity contribution in [1.82, 2.24) is 9.78 Å². The van der Waals surface area contributed by atoms with Crippen molar-refractivity contribution >= 4 is 38.2 Å². The molecular formula is C20H19ClN4O2S. The van der Waals surface area contributed by atoms with E-state index in [4.69, 9.17) is 16.9 Å². The largest absolute Gasteiger partial charge is 0.283 e. The second kappa shape index (κ2) is 7.66. The molecule has 144 valence electrons. The first kappa shape index (κ1) is 19.9. The van der Waals surface area contributed by atoms with E-state index in [1.54, 1.807) is 36.5 Å². The zero-order valence-electron chi connectivity index (χ0n) is 15.4. The van der Waals surface area contributed by atoms with Crippen LogP contribution in [0.3, 0.4) is 0 Å². The van der Waals surface area contributed by atoms with Gasteiger partial charge in [0.25, 0.3) is 0 Å². The van der Waals surface area contributed by atoms with Gasteiger partial charge in [-0.2, -0.15) is 10.4 Å². The molecule has 3 rings (SSSR count). The number of nitriles is 1. The Morgan fingerprint density at radius 2 is 2.00 bits per heavy atom. The van der Waals surface area contributed by atoms with E-state index in [0.717, 1.165) is 17.3 Å². The molecule has 1 N–H and O–H groups in total. The van der Waals surface area contributed by atoms with Gasteiger partial charge in [0.1, 0.15) is 5.54 Å². The molecule has 0 aliphatic rings. The van der Waals surface area contributed by atoms with E-state index in [-0.39, 0.29) is 0 Å². The van der Waals surface area contributed by atoms with E-state index >= 15 is 0 Å². The van der Waals surface area contributed by atoms with Crippen molar-refractivity contribution in [3.8, 4) is 6.07 Å². The number of nitrogens with one attached hydrogen (secondary N) is 1. The molecule has 2 aromatic carbocycles.